The van der Waals surface area contributed by atoms with E-state index in [4.69, 9.17) is 9.47 Å². The topological polar surface area (TPSA) is 103 Å². The summed E-state index contributed by atoms with van der Waals surface area (Å²) in [7, 11) is 2.05. The zero-order chi connectivity index (χ0) is 31.1. The van der Waals surface area contributed by atoms with Crippen LogP contribution in [0.5, 0.6) is 17.2 Å². The van der Waals surface area contributed by atoms with Crippen LogP contribution in [0, 0.1) is 11.8 Å². The van der Waals surface area contributed by atoms with Crippen LogP contribution in [-0.2, 0) is 11.3 Å². The molecular formula is C35H44N4O5. The maximum absolute atomic E-state index is 13.8. The summed E-state index contributed by atoms with van der Waals surface area (Å²) in [5.74, 6) is 1.56. The van der Waals surface area contributed by atoms with Crippen LogP contribution in [0.25, 0.3) is 0 Å². The highest BCUT2D eigenvalue weighted by atomic mass is 16.5. The minimum atomic E-state index is -0.362. The molecule has 9 heteroatoms. The summed E-state index contributed by atoms with van der Waals surface area (Å²) < 4.78 is 12.6. The summed E-state index contributed by atoms with van der Waals surface area (Å²) in [6, 6.07) is 22.7. The lowest BCUT2D eigenvalue weighted by molar-refractivity contribution is -0.120. The molecule has 0 aliphatic carbocycles. The molecule has 3 aromatic rings. The van der Waals surface area contributed by atoms with E-state index < -0.39 is 0 Å². The van der Waals surface area contributed by atoms with Gasteiger partial charge in [0.15, 0.2) is 5.75 Å². The highest BCUT2D eigenvalue weighted by molar-refractivity contribution is 6.02. The van der Waals surface area contributed by atoms with Crippen molar-refractivity contribution in [3.8, 4) is 17.2 Å². The minimum Gasteiger partial charge on any atom is -0.486 e. The number of nitrogens with zero attached hydrogens (tertiary/aromatic N) is 2. The second-order valence-electron chi connectivity index (χ2n) is 12.1. The van der Waals surface area contributed by atoms with Gasteiger partial charge in [0.1, 0.15) is 17.6 Å². The average molecular weight is 601 g/mol. The molecule has 0 aromatic heterocycles. The van der Waals surface area contributed by atoms with E-state index in [1.54, 1.807) is 23.1 Å². The average Bonchev–Trinajstić information content (AvgIpc) is 3.04. The third-order valence-corrected chi connectivity index (χ3v) is 8.51. The standard InChI is InChI=1S/C35H44N4O5/c1-24-20-39(25(2)23-40)35(42)30-10-7-11-31(37-34(41)27-16-18-36-19-17-27)33(30)44-32(24)22-38(3)21-26-12-14-29(15-13-26)43-28-8-5-4-6-9-28/h4-15,24-25,27,32,36,40H,16-23H2,1-3H3,(H,37,41)/t24-,25-,32-/m0/s1. The molecule has 0 bridgehead atoms. The number of rotatable bonds is 10. The van der Waals surface area contributed by atoms with Gasteiger partial charge >= 0.3 is 0 Å². The van der Waals surface area contributed by atoms with Gasteiger partial charge in [-0.15, -0.1) is 0 Å². The largest absolute Gasteiger partial charge is 0.486 e. The molecule has 1 saturated heterocycles. The van der Waals surface area contributed by atoms with Crippen molar-refractivity contribution in [3.05, 3.63) is 83.9 Å². The Morgan fingerprint density at radius 2 is 1.77 bits per heavy atom. The monoisotopic (exact) mass is 600 g/mol. The molecule has 2 aliphatic heterocycles. The van der Waals surface area contributed by atoms with E-state index in [0.717, 1.165) is 43.0 Å². The van der Waals surface area contributed by atoms with Gasteiger partial charge in [-0.3, -0.25) is 14.5 Å². The van der Waals surface area contributed by atoms with Gasteiger partial charge in [0, 0.05) is 31.5 Å². The molecule has 9 nitrogen and oxygen atoms in total. The number of piperidine rings is 1. The van der Waals surface area contributed by atoms with Crippen molar-refractivity contribution < 1.29 is 24.2 Å². The predicted octanol–water partition coefficient (Wildman–Crippen LogP) is 4.77. The van der Waals surface area contributed by atoms with Crippen molar-refractivity contribution in [1.82, 2.24) is 15.1 Å². The first kappa shape index (κ1) is 31.5. The first-order chi connectivity index (χ1) is 21.3. The third kappa shape index (κ3) is 7.77. The zero-order valence-corrected chi connectivity index (χ0v) is 25.9. The number of fused-ring (bicyclic) bond motifs is 1. The van der Waals surface area contributed by atoms with Crippen LogP contribution >= 0.6 is 0 Å². The van der Waals surface area contributed by atoms with Gasteiger partial charge < -0.3 is 30.1 Å². The first-order valence-corrected chi connectivity index (χ1v) is 15.6. The van der Waals surface area contributed by atoms with E-state index >= 15 is 0 Å². The number of aliphatic hydroxyl groups is 1. The molecule has 0 saturated carbocycles. The molecule has 3 N–H and O–H groups in total. The van der Waals surface area contributed by atoms with Gasteiger partial charge in [0.2, 0.25) is 5.91 Å². The van der Waals surface area contributed by atoms with Gasteiger partial charge in [0.25, 0.3) is 5.91 Å². The van der Waals surface area contributed by atoms with E-state index in [2.05, 4.69) is 34.6 Å². The molecule has 2 aliphatic rings. The Kier molecular flexibility index (Phi) is 10.5. The number of anilines is 1. The summed E-state index contributed by atoms with van der Waals surface area (Å²) in [6.07, 6.45) is 1.26. The molecule has 2 heterocycles. The number of benzene rings is 3. The molecular weight excluding hydrogens is 556 g/mol. The highest BCUT2D eigenvalue weighted by Crippen LogP contribution is 2.35. The number of nitrogens with one attached hydrogen (secondary N) is 2. The van der Waals surface area contributed by atoms with Crippen LogP contribution in [0.2, 0.25) is 0 Å². The van der Waals surface area contributed by atoms with Crippen molar-refractivity contribution in [3.63, 3.8) is 0 Å². The summed E-state index contributed by atoms with van der Waals surface area (Å²) in [4.78, 5) is 30.9. The molecule has 1 fully saturated rings. The fourth-order valence-corrected chi connectivity index (χ4v) is 5.85. The molecule has 2 amide bonds. The quantitative estimate of drug-likeness (QED) is 0.308. The second-order valence-corrected chi connectivity index (χ2v) is 12.1. The molecule has 0 radical (unpaired) electrons. The predicted molar refractivity (Wildman–Crippen MR) is 171 cm³/mol. The number of likely N-dealkylation sites (N-methyl/N-ethyl adjacent to an activating group) is 1. The molecule has 44 heavy (non-hydrogen) atoms. The van der Waals surface area contributed by atoms with Gasteiger partial charge in [-0.05, 0) is 81.9 Å². The van der Waals surface area contributed by atoms with Gasteiger partial charge in [-0.25, -0.2) is 0 Å². The molecule has 3 atom stereocenters. The summed E-state index contributed by atoms with van der Waals surface area (Å²) in [5, 5.41) is 16.4. The lowest BCUT2D eigenvalue weighted by Crippen LogP contribution is -2.49. The fraction of sp³-hybridized carbons (Fsp3) is 0.429. The normalized spacial score (nSPS) is 19.8. The molecule has 5 rings (SSSR count). The van der Waals surface area contributed by atoms with Crippen molar-refractivity contribution in [2.45, 2.75) is 45.4 Å². The van der Waals surface area contributed by atoms with Gasteiger partial charge in [0.05, 0.1) is 23.9 Å². The maximum atomic E-state index is 13.8. The number of hydrogen-bond donors (Lipinski definition) is 3. The van der Waals surface area contributed by atoms with Crippen LogP contribution in [0.3, 0.4) is 0 Å². The zero-order valence-electron chi connectivity index (χ0n) is 25.9. The number of ether oxygens (including phenoxy) is 2. The number of carbonyl (C=O) groups excluding carboxylic acids is 2. The van der Waals surface area contributed by atoms with E-state index in [0.29, 0.717) is 36.6 Å². The third-order valence-electron chi connectivity index (χ3n) is 8.51. The molecule has 3 aromatic carbocycles. The van der Waals surface area contributed by atoms with E-state index in [1.165, 1.54) is 0 Å². The lowest BCUT2D eigenvalue weighted by Gasteiger charge is -2.38. The van der Waals surface area contributed by atoms with Crippen molar-refractivity contribution in [2.24, 2.45) is 11.8 Å². The number of hydrogen-bond acceptors (Lipinski definition) is 7. The first-order valence-electron chi connectivity index (χ1n) is 15.6. The molecule has 0 unspecified atom stereocenters. The van der Waals surface area contributed by atoms with Crippen LogP contribution in [0.15, 0.2) is 72.8 Å². The van der Waals surface area contributed by atoms with Crippen LogP contribution in [0.1, 0.15) is 42.6 Å². The summed E-state index contributed by atoms with van der Waals surface area (Å²) in [5.41, 5.74) is 2.03. The van der Waals surface area contributed by atoms with E-state index in [9.17, 15) is 14.7 Å². The summed E-state index contributed by atoms with van der Waals surface area (Å²) in [6.45, 7) is 7.11. The van der Waals surface area contributed by atoms with Crippen molar-refractivity contribution >= 4 is 17.5 Å². The van der Waals surface area contributed by atoms with Gasteiger partial charge in [-0.1, -0.05) is 43.3 Å². The summed E-state index contributed by atoms with van der Waals surface area (Å²) >= 11 is 0. The molecule has 234 valence electrons. The van der Waals surface area contributed by atoms with Gasteiger partial charge in [-0.2, -0.15) is 0 Å². The molecule has 0 spiro atoms. The van der Waals surface area contributed by atoms with E-state index in [1.807, 2.05) is 56.4 Å². The fourth-order valence-electron chi connectivity index (χ4n) is 5.85. The Balaban J connectivity index is 1.34. The van der Waals surface area contributed by atoms with Crippen LogP contribution in [0.4, 0.5) is 5.69 Å². The highest BCUT2D eigenvalue weighted by Gasteiger charge is 2.35. The van der Waals surface area contributed by atoms with Crippen molar-refractivity contribution in [1.29, 1.82) is 0 Å². The Bertz CT molecular complexity index is 1390. The Morgan fingerprint density at radius 1 is 1.07 bits per heavy atom. The lowest BCUT2D eigenvalue weighted by atomic mass is 9.96. The second kappa shape index (κ2) is 14.7. The Labute approximate surface area is 260 Å². The number of amides is 2. The maximum Gasteiger partial charge on any atom is 0.258 e. The minimum absolute atomic E-state index is 0.0432. The van der Waals surface area contributed by atoms with Crippen LogP contribution in [-0.4, -0.2) is 78.7 Å². The van der Waals surface area contributed by atoms with Crippen molar-refractivity contribution in [2.75, 3.05) is 45.2 Å². The SMILES string of the molecule is C[C@H]1CN([C@@H](C)CO)C(=O)c2cccc(NC(=O)C3CCNCC3)c2O[C@H]1CN(C)Cc1ccc(Oc2ccccc2)cc1. The Morgan fingerprint density at radius 3 is 2.48 bits per heavy atom. The number of carbonyl (C=O) groups is 2. The Hall–Kier alpha value is -3.92. The number of para-hydroxylation sites is 2. The smallest absolute Gasteiger partial charge is 0.258 e. The number of aliphatic hydroxyl groups excluding tert-OH is 1. The van der Waals surface area contributed by atoms with Crippen LogP contribution < -0.4 is 20.1 Å². The van der Waals surface area contributed by atoms with E-state index in [-0.39, 0.29) is 42.4 Å².